The van der Waals surface area contributed by atoms with Gasteiger partial charge in [0.15, 0.2) is 0 Å². The molecule has 1 aliphatic heterocycles. The van der Waals surface area contributed by atoms with Crippen molar-refractivity contribution in [1.82, 2.24) is 4.90 Å². The van der Waals surface area contributed by atoms with Crippen LogP contribution in [0.3, 0.4) is 0 Å². The minimum atomic E-state index is -0.926. The Kier molecular flexibility index (Phi) is 4.20. The van der Waals surface area contributed by atoms with Gasteiger partial charge in [-0.1, -0.05) is 13.5 Å². The van der Waals surface area contributed by atoms with Gasteiger partial charge in [-0.2, -0.15) is 11.8 Å². The van der Waals surface area contributed by atoms with Gasteiger partial charge in [-0.25, -0.2) is 4.79 Å². The molecule has 4 nitrogen and oxygen atoms in total. The third-order valence-corrected chi connectivity index (χ3v) is 3.55. The van der Waals surface area contributed by atoms with Crippen LogP contribution in [0.4, 0.5) is 0 Å². The molecule has 1 heterocycles. The summed E-state index contributed by atoms with van der Waals surface area (Å²) in [4.78, 5) is 23.8. The number of nitrogens with zero attached hydrogens (tertiary/aromatic N) is 1. The van der Waals surface area contributed by atoms with Crippen LogP contribution in [0.15, 0.2) is 12.7 Å². The summed E-state index contributed by atoms with van der Waals surface area (Å²) in [5, 5.41) is 9.21. The molecule has 0 unspecified atom stereocenters. The van der Waals surface area contributed by atoms with E-state index in [1.54, 1.807) is 11.8 Å². The summed E-state index contributed by atoms with van der Waals surface area (Å²) >= 11 is 1.70. The molecule has 15 heavy (non-hydrogen) atoms. The van der Waals surface area contributed by atoms with Gasteiger partial charge in [-0.05, 0) is 18.2 Å². The lowest BCUT2D eigenvalue weighted by Gasteiger charge is -2.19. The number of carbonyl (C=O) groups excluding carboxylic acids is 1. The van der Waals surface area contributed by atoms with Crippen LogP contribution in [0.2, 0.25) is 0 Å². The van der Waals surface area contributed by atoms with Crippen LogP contribution >= 0.6 is 11.8 Å². The fraction of sp³-hybridized carbons (Fsp3) is 0.600. The zero-order valence-corrected chi connectivity index (χ0v) is 9.50. The van der Waals surface area contributed by atoms with E-state index in [2.05, 4.69) is 6.58 Å². The van der Waals surface area contributed by atoms with E-state index in [9.17, 15) is 9.59 Å². The number of rotatable bonds is 4. The molecule has 0 saturated carbocycles. The summed E-state index contributed by atoms with van der Waals surface area (Å²) in [6, 6.07) is -0.681. The largest absolute Gasteiger partial charge is 0.480 e. The van der Waals surface area contributed by atoms with Gasteiger partial charge in [0, 0.05) is 11.8 Å². The van der Waals surface area contributed by atoms with Crippen LogP contribution < -0.4 is 0 Å². The quantitative estimate of drug-likeness (QED) is 0.730. The Labute approximate surface area is 93.3 Å². The maximum Gasteiger partial charge on any atom is 0.326 e. The van der Waals surface area contributed by atoms with Crippen molar-refractivity contribution in [2.45, 2.75) is 24.6 Å². The van der Waals surface area contributed by atoms with Crippen LogP contribution in [0, 0.1) is 0 Å². The summed E-state index contributed by atoms with van der Waals surface area (Å²) in [5.41, 5.74) is 0. The number of carboxylic acids is 1. The average Bonchev–Trinajstić information content (AvgIpc) is 2.61. The van der Waals surface area contributed by atoms with E-state index in [0.717, 1.165) is 5.75 Å². The molecule has 0 aliphatic carbocycles. The predicted molar refractivity (Wildman–Crippen MR) is 59.9 cm³/mol. The second-order valence-corrected chi connectivity index (χ2v) is 4.94. The molecule has 0 aromatic heterocycles. The number of aliphatic carboxylic acids is 1. The van der Waals surface area contributed by atoms with Gasteiger partial charge in [-0.3, -0.25) is 4.79 Å². The Morgan fingerprint density at radius 3 is 2.80 bits per heavy atom. The first-order valence-electron chi connectivity index (χ1n) is 4.87. The molecule has 1 rings (SSSR count). The van der Waals surface area contributed by atoms with E-state index in [-0.39, 0.29) is 11.2 Å². The van der Waals surface area contributed by atoms with E-state index < -0.39 is 12.0 Å². The molecular weight excluding hydrogens is 214 g/mol. The average molecular weight is 229 g/mol. The van der Waals surface area contributed by atoms with Crippen LogP contribution in [-0.4, -0.2) is 45.5 Å². The number of carboxylic acid groups (broad SMARTS) is 1. The molecule has 84 valence electrons. The number of carbonyl (C=O) groups is 2. The maximum atomic E-state index is 11.4. The third kappa shape index (κ3) is 2.75. The molecule has 5 heteroatoms. The number of amides is 1. The number of hydrogen-bond acceptors (Lipinski definition) is 3. The SMILES string of the molecule is C=CC(=O)N1C[C@H](SCC)C[C@H]1C(=O)O. The molecule has 1 saturated heterocycles. The smallest absolute Gasteiger partial charge is 0.326 e. The van der Waals surface area contributed by atoms with Crippen LogP contribution in [0.5, 0.6) is 0 Å². The fourth-order valence-corrected chi connectivity index (χ4v) is 2.80. The molecule has 1 aliphatic rings. The summed E-state index contributed by atoms with van der Waals surface area (Å²) in [5.74, 6) is -0.279. The van der Waals surface area contributed by atoms with Gasteiger partial charge in [0.05, 0.1) is 0 Å². The molecule has 0 aromatic carbocycles. The summed E-state index contributed by atoms with van der Waals surface area (Å²) in [6.07, 6.45) is 1.71. The molecule has 0 bridgehead atoms. The van der Waals surface area contributed by atoms with E-state index in [1.807, 2.05) is 6.92 Å². The number of hydrogen-bond donors (Lipinski definition) is 1. The maximum absolute atomic E-state index is 11.4. The van der Waals surface area contributed by atoms with Crippen LogP contribution in [0.25, 0.3) is 0 Å². The summed E-state index contributed by atoms with van der Waals surface area (Å²) < 4.78 is 0. The highest BCUT2D eigenvalue weighted by atomic mass is 32.2. The van der Waals surface area contributed by atoms with E-state index in [4.69, 9.17) is 5.11 Å². The number of likely N-dealkylation sites (tertiary alicyclic amines) is 1. The van der Waals surface area contributed by atoms with Crippen molar-refractivity contribution in [3.63, 3.8) is 0 Å². The first-order valence-corrected chi connectivity index (χ1v) is 5.92. The van der Waals surface area contributed by atoms with Gasteiger partial charge in [-0.15, -0.1) is 0 Å². The lowest BCUT2D eigenvalue weighted by atomic mass is 10.2. The topological polar surface area (TPSA) is 57.6 Å². The third-order valence-electron chi connectivity index (χ3n) is 2.41. The fourth-order valence-electron chi connectivity index (χ4n) is 1.75. The highest BCUT2D eigenvalue weighted by Crippen LogP contribution is 2.27. The number of thioether (sulfide) groups is 1. The molecule has 1 N–H and O–H groups in total. The monoisotopic (exact) mass is 229 g/mol. The lowest BCUT2D eigenvalue weighted by Crippen LogP contribution is -2.39. The Hall–Kier alpha value is -0.970. The Morgan fingerprint density at radius 2 is 2.33 bits per heavy atom. The van der Waals surface area contributed by atoms with Crippen molar-refractivity contribution < 1.29 is 14.7 Å². The van der Waals surface area contributed by atoms with Gasteiger partial charge in [0.25, 0.3) is 0 Å². The van der Waals surface area contributed by atoms with E-state index in [0.29, 0.717) is 13.0 Å². The van der Waals surface area contributed by atoms with Gasteiger partial charge in [0.2, 0.25) is 5.91 Å². The van der Waals surface area contributed by atoms with Crippen LogP contribution in [0.1, 0.15) is 13.3 Å². The highest BCUT2D eigenvalue weighted by Gasteiger charge is 2.38. The first-order chi connectivity index (χ1) is 7.10. The zero-order chi connectivity index (χ0) is 11.4. The van der Waals surface area contributed by atoms with E-state index in [1.165, 1.54) is 11.0 Å². The van der Waals surface area contributed by atoms with Crippen molar-refractivity contribution in [1.29, 1.82) is 0 Å². The predicted octanol–water partition coefficient (Wildman–Crippen LogP) is 0.980. The van der Waals surface area contributed by atoms with Crippen molar-refractivity contribution in [3.8, 4) is 0 Å². The Balaban J connectivity index is 2.71. The van der Waals surface area contributed by atoms with Gasteiger partial charge >= 0.3 is 5.97 Å². The molecule has 1 amide bonds. The second-order valence-electron chi connectivity index (χ2n) is 3.36. The normalized spacial score (nSPS) is 25.3. The minimum absolute atomic E-state index is 0.236. The lowest BCUT2D eigenvalue weighted by molar-refractivity contribution is -0.146. The van der Waals surface area contributed by atoms with Crippen molar-refractivity contribution >= 4 is 23.6 Å². The van der Waals surface area contributed by atoms with Crippen molar-refractivity contribution in [2.24, 2.45) is 0 Å². The van der Waals surface area contributed by atoms with Gasteiger partial charge < -0.3 is 10.0 Å². The highest BCUT2D eigenvalue weighted by molar-refractivity contribution is 7.99. The first kappa shape index (κ1) is 12.1. The molecule has 1 fully saturated rings. The summed E-state index contributed by atoms with van der Waals surface area (Å²) in [6.45, 7) is 5.92. The van der Waals surface area contributed by atoms with Gasteiger partial charge in [0.1, 0.15) is 6.04 Å². The molecule has 2 atom stereocenters. The minimum Gasteiger partial charge on any atom is -0.480 e. The van der Waals surface area contributed by atoms with Crippen molar-refractivity contribution in [2.75, 3.05) is 12.3 Å². The standard InChI is InChI=1S/C10H15NO3S/c1-3-9(12)11-6-7(15-4-2)5-8(11)10(13)14/h3,7-8H,1,4-6H2,2H3,(H,13,14)/t7-,8+/m1/s1. The van der Waals surface area contributed by atoms with Crippen LogP contribution in [-0.2, 0) is 9.59 Å². The molecular formula is C10H15NO3S. The zero-order valence-electron chi connectivity index (χ0n) is 8.68. The molecule has 0 radical (unpaired) electrons. The Bertz CT molecular complexity index is 280. The van der Waals surface area contributed by atoms with Crippen molar-refractivity contribution in [3.05, 3.63) is 12.7 Å². The second kappa shape index (κ2) is 5.21. The Morgan fingerprint density at radius 1 is 1.67 bits per heavy atom. The summed E-state index contributed by atoms with van der Waals surface area (Å²) in [7, 11) is 0. The molecule has 0 aromatic rings. The van der Waals surface area contributed by atoms with E-state index >= 15 is 0 Å². The molecule has 0 spiro atoms.